The van der Waals surface area contributed by atoms with Crippen molar-refractivity contribution in [2.75, 3.05) is 6.61 Å². The SMILES string of the molecule is CCOC(=O)c1ccnn1Cc1ccc(-c2noc(C(F)(F)F)n2)s1. The molecule has 3 heterocycles. The maximum atomic E-state index is 12.5. The molecule has 0 amide bonds. The van der Waals surface area contributed by atoms with E-state index < -0.39 is 18.0 Å². The summed E-state index contributed by atoms with van der Waals surface area (Å²) in [6.07, 6.45) is -3.22. The van der Waals surface area contributed by atoms with Gasteiger partial charge in [0.25, 0.3) is 0 Å². The van der Waals surface area contributed by atoms with Crippen LogP contribution in [0.5, 0.6) is 0 Å². The van der Waals surface area contributed by atoms with Gasteiger partial charge in [0.1, 0.15) is 5.69 Å². The molecule has 0 saturated heterocycles. The topological polar surface area (TPSA) is 83.0 Å². The van der Waals surface area contributed by atoms with Crippen LogP contribution in [-0.2, 0) is 17.5 Å². The summed E-state index contributed by atoms with van der Waals surface area (Å²) >= 11 is 1.18. The van der Waals surface area contributed by atoms with E-state index in [1.165, 1.54) is 28.3 Å². The molecule has 7 nitrogen and oxygen atoms in total. The van der Waals surface area contributed by atoms with Crippen molar-refractivity contribution in [2.24, 2.45) is 0 Å². The molecule has 0 aliphatic rings. The number of thiophene rings is 1. The van der Waals surface area contributed by atoms with E-state index in [4.69, 9.17) is 4.74 Å². The molecule has 0 bridgehead atoms. The largest absolute Gasteiger partial charge is 0.471 e. The molecule has 0 N–H and O–H groups in total. The molecular formula is C14H11F3N4O3S. The first-order valence-electron chi connectivity index (χ1n) is 7.07. The number of carbonyl (C=O) groups excluding carboxylic acids is 1. The zero-order chi connectivity index (χ0) is 18.0. The van der Waals surface area contributed by atoms with Crippen LogP contribution in [0, 0.1) is 0 Å². The summed E-state index contributed by atoms with van der Waals surface area (Å²) in [5, 5.41) is 7.40. The minimum absolute atomic E-state index is 0.144. The first kappa shape index (κ1) is 17.1. The molecule has 132 valence electrons. The first-order chi connectivity index (χ1) is 11.9. The Morgan fingerprint density at radius 1 is 1.36 bits per heavy atom. The lowest BCUT2D eigenvalue weighted by molar-refractivity contribution is -0.159. The maximum Gasteiger partial charge on any atom is 0.471 e. The van der Waals surface area contributed by atoms with Crippen LogP contribution in [0.3, 0.4) is 0 Å². The van der Waals surface area contributed by atoms with Crippen LogP contribution in [0.4, 0.5) is 13.2 Å². The minimum atomic E-state index is -4.69. The van der Waals surface area contributed by atoms with Gasteiger partial charge in [0.15, 0.2) is 0 Å². The van der Waals surface area contributed by atoms with Gasteiger partial charge in [-0.25, -0.2) is 4.79 Å². The van der Waals surface area contributed by atoms with E-state index in [2.05, 4.69) is 19.8 Å². The van der Waals surface area contributed by atoms with Gasteiger partial charge in [-0.3, -0.25) is 4.68 Å². The van der Waals surface area contributed by atoms with Gasteiger partial charge in [0.05, 0.1) is 18.0 Å². The van der Waals surface area contributed by atoms with Crippen molar-refractivity contribution in [1.29, 1.82) is 0 Å². The number of ether oxygens (including phenoxy) is 1. The Morgan fingerprint density at radius 2 is 2.16 bits per heavy atom. The molecule has 0 spiro atoms. The number of alkyl halides is 3. The molecule has 0 unspecified atom stereocenters. The summed E-state index contributed by atoms with van der Waals surface area (Å²) in [7, 11) is 0. The summed E-state index contributed by atoms with van der Waals surface area (Å²) in [5.74, 6) is -2.03. The van der Waals surface area contributed by atoms with Crippen LogP contribution in [-0.4, -0.2) is 32.5 Å². The van der Waals surface area contributed by atoms with Gasteiger partial charge in [0, 0.05) is 11.1 Å². The number of rotatable bonds is 5. The Morgan fingerprint density at radius 3 is 2.84 bits per heavy atom. The van der Waals surface area contributed by atoms with Crippen molar-refractivity contribution in [2.45, 2.75) is 19.6 Å². The molecule has 3 aromatic heterocycles. The van der Waals surface area contributed by atoms with E-state index in [1.54, 1.807) is 19.1 Å². The normalized spacial score (nSPS) is 11.7. The molecule has 3 rings (SSSR count). The molecule has 0 aliphatic heterocycles. The van der Waals surface area contributed by atoms with E-state index in [0.717, 1.165) is 4.88 Å². The lowest BCUT2D eigenvalue weighted by Gasteiger charge is -2.05. The van der Waals surface area contributed by atoms with Crippen LogP contribution >= 0.6 is 11.3 Å². The second kappa shape index (κ2) is 6.67. The van der Waals surface area contributed by atoms with Gasteiger partial charge in [0.2, 0.25) is 5.82 Å². The fraction of sp³-hybridized carbons (Fsp3) is 0.286. The van der Waals surface area contributed by atoms with Crippen molar-refractivity contribution in [3.05, 3.63) is 40.9 Å². The predicted molar refractivity (Wildman–Crippen MR) is 79.9 cm³/mol. The summed E-state index contributed by atoms with van der Waals surface area (Å²) in [6.45, 7) is 2.20. The van der Waals surface area contributed by atoms with Gasteiger partial charge in [-0.05, 0) is 25.1 Å². The van der Waals surface area contributed by atoms with Gasteiger partial charge in [-0.1, -0.05) is 5.16 Å². The monoisotopic (exact) mass is 372 g/mol. The van der Waals surface area contributed by atoms with Crippen LogP contribution in [0.1, 0.15) is 28.2 Å². The molecule has 0 aliphatic carbocycles. The first-order valence-corrected chi connectivity index (χ1v) is 7.89. The Bertz CT molecular complexity index is 884. The molecule has 11 heteroatoms. The predicted octanol–water partition coefficient (Wildman–Crippen LogP) is 3.24. The highest BCUT2D eigenvalue weighted by Crippen LogP contribution is 2.31. The highest BCUT2D eigenvalue weighted by molar-refractivity contribution is 7.15. The van der Waals surface area contributed by atoms with Crippen molar-refractivity contribution in [3.63, 3.8) is 0 Å². The maximum absolute atomic E-state index is 12.5. The highest BCUT2D eigenvalue weighted by Gasteiger charge is 2.38. The third-order valence-corrected chi connectivity index (χ3v) is 4.12. The molecule has 25 heavy (non-hydrogen) atoms. The third kappa shape index (κ3) is 3.71. The van der Waals surface area contributed by atoms with E-state index >= 15 is 0 Å². The Hall–Kier alpha value is -2.69. The summed E-state index contributed by atoms with van der Waals surface area (Å²) in [4.78, 5) is 16.3. The lowest BCUT2D eigenvalue weighted by atomic mass is 10.4. The fourth-order valence-corrected chi connectivity index (χ4v) is 2.92. The number of nitrogens with zero attached hydrogens (tertiary/aromatic N) is 4. The number of hydrogen-bond donors (Lipinski definition) is 0. The van der Waals surface area contributed by atoms with Crippen LogP contribution in [0.2, 0.25) is 0 Å². The van der Waals surface area contributed by atoms with E-state index in [1.807, 2.05) is 0 Å². The van der Waals surface area contributed by atoms with Crippen molar-refractivity contribution >= 4 is 17.3 Å². The summed E-state index contributed by atoms with van der Waals surface area (Å²) in [5.41, 5.74) is 0.288. The van der Waals surface area contributed by atoms with E-state index in [9.17, 15) is 18.0 Å². The van der Waals surface area contributed by atoms with Gasteiger partial charge < -0.3 is 9.26 Å². The number of esters is 1. The average molecular weight is 372 g/mol. The smallest absolute Gasteiger partial charge is 0.461 e. The summed E-state index contributed by atoms with van der Waals surface area (Å²) in [6, 6.07) is 4.81. The molecule has 0 atom stereocenters. The number of carbonyl (C=O) groups is 1. The highest BCUT2D eigenvalue weighted by atomic mass is 32.1. The average Bonchev–Trinajstić information content (AvgIpc) is 3.27. The van der Waals surface area contributed by atoms with Gasteiger partial charge >= 0.3 is 18.0 Å². The zero-order valence-electron chi connectivity index (χ0n) is 12.8. The van der Waals surface area contributed by atoms with Crippen LogP contribution < -0.4 is 0 Å². The second-order valence-electron chi connectivity index (χ2n) is 4.78. The molecule has 0 radical (unpaired) electrons. The quantitative estimate of drug-likeness (QED) is 0.640. The van der Waals surface area contributed by atoms with Crippen molar-refractivity contribution in [1.82, 2.24) is 19.9 Å². The Labute approximate surface area is 143 Å². The van der Waals surface area contributed by atoms with E-state index in [-0.39, 0.29) is 24.7 Å². The zero-order valence-corrected chi connectivity index (χ0v) is 13.6. The standard InChI is InChI=1S/C14H11F3N4O3S/c1-2-23-12(22)9-5-6-18-21(9)7-8-3-4-10(25-8)11-19-13(24-20-11)14(15,16)17/h3-6H,2,7H2,1H3. The van der Waals surface area contributed by atoms with Crippen LogP contribution in [0.15, 0.2) is 28.9 Å². The molecule has 0 aromatic carbocycles. The van der Waals surface area contributed by atoms with Gasteiger partial charge in [-0.2, -0.15) is 23.3 Å². The minimum Gasteiger partial charge on any atom is -0.461 e. The Balaban J connectivity index is 1.78. The molecule has 0 fully saturated rings. The lowest BCUT2D eigenvalue weighted by Crippen LogP contribution is -2.13. The fourth-order valence-electron chi connectivity index (χ4n) is 2.01. The number of halogens is 3. The third-order valence-electron chi connectivity index (χ3n) is 3.06. The molecule has 0 saturated carbocycles. The van der Waals surface area contributed by atoms with E-state index in [0.29, 0.717) is 4.88 Å². The summed E-state index contributed by atoms with van der Waals surface area (Å²) < 4.78 is 48.1. The second-order valence-corrected chi connectivity index (χ2v) is 5.95. The van der Waals surface area contributed by atoms with Gasteiger partial charge in [-0.15, -0.1) is 11.3 Å². The Kier molecular flexibility index (Phi) is 4.57. The number of hydrogen-bond acceptors (Lipinski definition) is 7. The molecule has 3 aromatic rings. The van der Waals surface area contributed by atoms with Crippen molar-refractivity contribution < 1.29 is 27.2 Å². The molecular weight excluding hydrogens is 361 g/mol. The van der Waals surface area contributed by atoms with Crippen LogP contribution in [0.25, 0.3) is 10.7 Å². The number of aromatic nitrogens is 4. The van der Waals surface area contributed by atoms with Crippen molar-refractivity contribution in [3.8, 4) is 10.7 Å².